The molecule has 2 aliphatic heterocycles. The fourth-order valence-electron chi connectivity index (χ4n) is 2.89. The summed E-state index contributed by atoms with van der Waals surface area (Å²) in [6.45, 7) is 1.75. The Morgan fingerprint density at radius 1 is 1.21 bits per heavy atom. The van der Waals surface area contributed by atoms with Crippen LogP contribution in [-0.2, 0) is 0 Å². The summed E-state index contributed by atoms with van der Waals surface area (Å²) in [5, 5.41) is 5.15. The second-order valence-electron chi connectivity index (χ2n) is 4.91. The zero-order chi connectivity index (χ0) is 12.3. The molecule has 0 unspecified atom stereocenters. The van der Waals surface area contributed by atoms with Crippen molar-refractivity contribution < 1.29 is 4.79 Å². The Kier molecular flexibility index (Phi) is 2.93. The third kappa shape index (κ3) is 1.73. The van der Waals surface area contributed by atoms with E-state index in [0.717, 1.165) is 29.7 Å². The molecule has 0 aliphatic carbocycles. The Balaban J connectivity index is 0.00000110. The molecule has 19 heavy (non-hydrogen) atoms. The van der Waals surface area contributed by atoms with Gasteiger partial charge in [0.15, 0.2) is 0 Å². The van der Waals surface area contributed by atoms with E-state index < -0.39 is 0 Å². The van der Waals surface area contributed by atoms with Crippen molar-refractivity contribution in [1.29, 1.82) is 0 Å². The fourth-order valence-corrected chi connectivity index (χ4v) is 3.22. The molecule has 1 fully saturated rings. The van der Waals surface area contributed by atoms with E-state index in [4.69, 9.17) is 11.8 Å². The topological polar surface area (TPSA) is 32.3 Å². The van der Waals surface area contributed by atoms with E-state index >= 15 is 0 Å². The summed E-state index contributed by atoms with van der Waals surface area (Å²) < 4.78 is 1.79. The van der Waals surface area contributed by atoms with Crippen molar-refractivity contribution in [1.82, 2.24) is 4.42 Å². The van der Waals surface area contributed by atoms with Gasteiger partial charge in [-0.05, 0) is 34.9 Å². The minimum Gasteiger partial charge on any atom is -0.321 e. The van der Waals surface area contributed by atoms with Crippen molar-refractivity contribution in [2.45, 2.75) is 5.92 Å². The molecular weight excluding hydrogens is 283 g/mol. The second kappa shape index (κ2) is 4.37. The van der Waals surface area contributed by atoms with Crippen molar-refractivity contribution in [3.05, 3.63) is 41.5 Å². The molecular formula is C14H12Cl2N2O. The van der Waals surface area contributed by atoms with Crippen molar-refractivity contribution >= 4 is 46.6 Å². The normalized spacial score (nSPS) is 18.1. The third-order valence-electron chi connectivity index (χ3n) is 3.84. The summed E-state index contributed by atoms with van der Waals surface area (Å²) >= 11 is 5.91. The highest BCUT2D eigenvalue weighted by Gasteiger charge is 2.30. The Morgan fingerprint density at radius 2 is 2.00 bits per heavy atom. The van der Waals surface area contributed by atoms with Gasteiger partial charge in [0.2, 0.25) is 0 Å². The summed E-state index contributed by atoms with van der Waals surface area (Å²) in [5.74, 6) is 0.475. The summed E-state index contributed by atoms with van der Waals surface area (Å²) in [6.07, 6.45) is 0. The number of halogens is 2. The molecule has 2 heterocycles. The monoisotopic (exact) mass is 294 g/mol. The van der Waals surface area contributed by atoms with Gasteiger partial charge in [-0.25, -0.2) is 4.42 Å². The first-order valence-electron chi connectivity index (χ1n) is 6.02. The average Bonchev–Trinajstić information content (AvgIpc) is 2.65. The van der Waals surface area contributed by atoms with E-state index in [2.05, 4.69) is 17.4 Å². The maximum absolute atomic E-state index is 11.8. The number of hydrogen-bond acceptors (Lipinski definition) is 2. The number of benzene rings is 2. The Morgan fingerprint density at radius 3 is 2.74 bits per heavy atom. The molecule has 2 aromatic carbocycles. The standard InChI is InChI=1S/C14H11ClN2O.ClH/c15-17-6-8(7-17)9-4-5-11-13-10(9)2-1-3-12(13)16-14(11)18;/h1-5,8H,6-7H2,(H,16,18);1H. The lowest BCUT2D eigenvalue weighted by Crippen LogP contribution is -2.38. The van der Waals surface area contributed by atoms with Crippen molar-refractivity contribution in [2.75, 3.05) is 18.4 Å². The maximum Gasteiger partial charge on any atom is 0.256 e. The molecule has 1 saturated heterocycles. The zero-order valence-electron chi connectivity index (χ0n) is 10.0. The zero-order valence-corrected chi connectivity index (χ0v) is 11.6. The lowest BCUT2D eigenvalue weighted by Gasteiger charge is -2.34. The predicted molar refractivity (Wildman–Crippen MR) is 79.3 cm³/mol. The van der Waals surface area contributed by atoms with Crippen LogP contribution in [0.1, 0.15) is 21.8 Å². The number of rotatable bonds is 1. The van der Waals surface area contributed by atoms with Gasteiger partial charge < -0.3 is 5.32 Å². The number of hydrogen-bond donors (Lipinski definition) is 1. The second-order valence-corrected chi connectivity index (χ2v) is 5.39. The number of carbonyl (C=O) groups is 1. The smallest absolute Gasteiger partial charge is 0.256 e. The van der Waals surface area contributed by atoms with Gasteiger partial charge in [-0.3, -0.25) is 4.79 Å². The Bertz CT molecular complexity index is 680. The van der Waals surface area contributed by atoms with Crippen LogP contribution in [0.3, 0.4) is 0 Å². The summed E-state index contributed by atoms with van der Waals surface area (Å²) in [7, 11) is 0. The highest BCUT2D eigenvalue weighted by Crippen LogP contribution is 2.39. The summed E-state index contributed by atoms with van der Waals surface area (Å²) in [6, 6.07) is 10.0. The van der Waals surface area contributed by atoms with Crippen LogP contribution in [-0.4, -0.2) is 23.4 Å². The van der Waals surface area contributed by atoms with Gasteiger partial charge in [0.25, 0.3) is 5.91 Å². The first-order valence-corrected chi connectivity index (χ1v) is 6.35. The molecule has 0 saturated carbocycles. The van der Waals surface area contributed by atoms with Gasteiger partial charge in [0, 0.05) is 35.6 Å². The lowest BCUT2D eigenvalue weighted by molar-refractivity contribution is 0.103. The largest absolute Gasteiger partial charge is 0.321 e. The molecule has 0 spiro atoms. The van der Waals surface area contributed by atoms with Crippen molar-refractivity contribution in [2.24, 2.45) is 0 Å². The van der Waals surface area contributed by atoms with Gasteiger partial charge in [-0.2, -0.15) is 0 Å². The van der Waals surface area contributed by atoms with E-state index in [0.29, 0.717) is 5.92 Å². The van der Waals surface area contributed by atoms with E-state index in [-0.39, 0.29) is 18.3 Å². The molecule has 1 N–H and O–H groups in total. The maximum atomic E-state index is 11.8. The minimum atomic E-state index is 0. The molecule has 5 heteroatoms. The van der Waals surface area contributed by atoms with Crippen LogP contribution in [0.25, 0.3) is 10.8 Å². The van der Waals surface area contributed by atoms with Crippen LogP contribution in [0.2, 0.25) is 0 Å². The van der Waals surface area contributed by atoms with Gasteiger partial charge >= 0.3 is 0 Å². The van der Waals surface area contributed by atoms with Crippen LogP contribution < -0.4 is 5.32 Å². The highest BCUT2D eigenvalue weighted by molar-refractivity contribution is 6.24. The van der Waals surface area contributed by atoms with E-state index in [1.807, 2.05) is 18.2 Å². The lowest BCUT2D eigenvalue weighted by atomic mass is 9.88. The number of nitrogens with one attached hydrogen (secondary N) is 1. The first-order chi connectivity index (χ1) is 8.74. The molecule has 2 aromatic rings. The number of amides is 1. The average molecular weight is 295 g/mol. The molecule has 1 amide bonds. The number of nitrogens with zero attached hydrogens (tertiary/aromatic N) is 1. The molecule has 4 rings (SSSR count). The number of anilines is 1. The van der Waals surface area contributed by atoms with Crippen LogP contribution in [0.15, 0.2) is 30.3 Å². The molecule has 0 atom stereocenters. The number of carbonyl (C=O) groups excluding carboxylic acids is 1. The molecule has 0 aromatic heterocycles. The van der Waals surface area contributed by atoms with Crippen LogP contribution in [0.4, 0.5) is 5.69 Å². The van der Waals surface area contributed by atoms with Gasteiger partial charge in [-0.1, -0.05) is 18.2 Å². The Hall–Kier alpha value is -1.29. The van der Waals surface area contributed by atoms with Gasteiger partial charge in [0.05, 0.1) is 0 Å². The molecule has 3 nitrogen and oxygen atoms in total. The first kappa shape index (κ1) is 12.7. The molecule has 2 aliphatic rings. The van der Waals surface area contributed by atoms with Crippen LogP contribution in [0.5, 0.6) is 0 Å². The Labute approximate surface area is 122 Å². The predicted octanol–water partition coefficient (Wildman–Crippen LogP) is 3.38. The molecule has 0 bridgehead atoms. The summed E-state index contributed by atoms with van der Waals surface area (Å²) in [5.41, 5.74) is 3.01. The molecule has 98 valence electrons. The SMILES string of the molecule is Cl.O=C1Nc2cccc3c(C4CN(Cl)C4)ccc1c23. The highest BCUT2D eigenvalue weighted by atomic mass is 35.5. The minimum absolute atomic E-state index is 0. The van der Waals surface area contributed by atoms with Crippen LogP contribution in [0, 0.1) is 0 Å². The van der Waals surface area contributed by atoms with Gasteiger partial charge in [0.1, 0.15) is 0 Å². The van der Waals surface area contributed by atoms with E-state index in [1.54, 1.807) is 4.42 Å². The van der Waals surface area contributed by atoms with Crippen LogP contribution >= 0.6 is 24.2 Å². The molecule has 0 radical (unpaired) electrons. The fraction of sp³-hybridized carbons (Fsp3) is 0.214. The van der Waals surface area contributed by atoms with Crippen molar-refractivity contribution in [3.63, 3.8) is 0 Å². The van der Waals surface area contributed by atoms with E-state index in [9.17, 15) is 4.79 Å². The van der Waals surface area contributed by atoms with Crippen molar-refractivity contribution in [3.8, 4) is 0 Å². The quantitative estimate of drug-likeness (QED) is 0.818. The summed E-state index contributed by atoms with van der Waals surface area (Å²) in [4.78, 5) is 11.8. The van der Waals surface area contributed by atoms with Gasteiger partial charge in [-0.15, -0.1) is 12.4 Å². The van der Waals surface area contributed by atoms with E-state index in [1.165, 1.54) is 10.9 Å². The third-order valence-corrected chi connectivity index (χ3v) is 4.12.